The minimum absolute atomic E-state index is 0.0816. The van der Waals surface area contributed by atoms with Crippen LogP contribution in [0, 0.1) is 0 Å². The van der Waals surface area contributed by atoms with Crippen LogP contribution in [0.5, 0.6) is 5.75 Å². The highest BCUT2D eigenvalue weighted by molar-refractivity contribution is 5.85. The second-order valence-corrected chi connectivity index (χ2v) is 8.52. The lowest BCUT2D eigenvalue weighted by atomic mass is 9.74. The molecule has 2 aliphatic heterocycles. The predicted octanol–water partition coefficient (Wildman–Crippen LogP) is 4.27. The molecule has 0 radical (unpaired) electrons. The van der Waals surface area contributed by atoms with E-state index in [9.17, 15) is 4.79 Å². The Bertz CT molecular complexity index is 1180. The van der Waals surface area contributed by atoms with E-state index in [1.54, 1.807) is 7.11 Å². The molecule has 5 nitrogen and oxygen atoms in total. The van der Waals surface area contributed by atoms with Gasteiger partial charge in [0.25, 0.3) is 0 Å². The van der Waals surface area contributed by atoms with Crippen LogP contribution >= 0.6 is 0 Å². The van der Waals surface area contributed by atoms with Crippen molar-refractivity contribution >= 4 is 28.6 Å². The normalized spacial score (nSPS) is 22.1. The highest BCUT2D eigenvalue weighted by Crippen LogP contribution is 2.52. The summed E-state index contributed by atoms with van der Waals surface area (Å²) in [5.74, 6) is 0.889. The number of hydrogen-bond acceptors (Lipinski definition) is 4. The van der Waals surface area contributed by atoms with Gasteiger partial charge in [-0.1, -0.05) is 38.1 Å². The number of benzene rings is 2. The second kappa shape index (κ2) is 6.59. The molecule has 2 aliphatic rings. The summed E-state index contributed by atoms with van der Waals surface area (Å²) < 4.78 is 5.35. The fraction of sp³-hybridized carbons (Fsp3) is 0.280. The number of anilines is 1. The molecule has 5 heteroatoms. The van der Waals surface area contributed by atoms with Gasteiger partial charge in [0.2, 0.25) is 5.91 Å². The molecule has 0 aliphatic carbocycles. The highest BCUT2D eigenvalue weighted by atomic mass is 16.5. The molecule has 3 heterocycles. The van der Waals surface area contributed by atoms with Crippen molar-refractivity contribution in [1.82, 2.24) is 10.3 Å². The lowest BCUT2D eigenvalue weighted by molar-refractivity contribution is -0.124. The van der Waals surface area contributed by atoms with E-state index in [-0.39, 0.29) is 11.3 Å². The van der Waals surface area contributed by atoms with Crippen LogP contribution in [0.4, 0.5) is 5.69 Å². The molecule has 3 aromatic rings. The monoisotopic (exact) mass is 399 g/mol. The van der Waals surface area contributed by atoms with Crippen LogP contribution in [-0.2, 0) is 10.2 Å². The first kappa shape index (κ1) is 18.7. The van der Waals surface area contributed by atoms with Crippen molar-refractivity contribution in [1.29, 1.82) is 0 Å². The maximum Gasteiger partial charge on any atom is 0.223 e. The van der Waals surface area contributed by atoms with Crippen molar-refractivity contribution in [3.05, 3.63) is 71.9 Å². The van der Waals surface area contributed by atoms with Crippen molar-refractivity contribution < 1.29 is 9.53 Å². The number of amides is 1. The smallest absolute Gasteiger partial charge is 0.223 e. The van der Waals surface area contributed by atoms with Gasteiger partial charge >= 0.3 is 0 Å². The lowest BCUT2D eigenvalue weighted by Crippen LogP contribution is -2.68. The summed E-state index contributed by atoms with van der Waals surface area (Å²) in [5.41, 5.74) is 3.44. The fourth-order valence-electron chi connectivity index (χ4n) is 4.88. The molecule has 1 amide bonds. The van der Waals surface area contributed by atoms with Crippen LogP contribution in [0.15, 0.2) is 60.8 Å². The largest absolute Gasteiger partial charge is 0.497 e. The molecule has 1 fully saturated rings. The molecular weight excluding hydrogens is 374 g/mol. The summed E-state index contributed by atoms with van der Waals surface area (Å²) in [6, 6.07) is 16.4. The number of aromatic nitrogens is 1. The van der Waals surface area contributed by atoms with Crippen LogP contribution in [0.2, 0.25) is 0 Å². The van der Waals surface area contributed by atoms with Crippen LogP contribution in [-0.4, -0.2) is 30.2 Å². The molecule has 152 valence electrons. The maximum absolute atomic E-state index is 12.5. The lowest BCUT2D eigenvalue weighted by Gasteiger charge is -2.49. The zero-order valence-electron chi connectivity index (χ0n) is 17.5. The van der Waals surface area contributed by atoms with Crippen LogP contribution in [0.3, 0.4) is 0 Å². The van der Waals surface area contributed by atoms with Crippen molar-refractivity contribution in [2.45, 2.75) is 31.3 Å². The van der Waals surface area contributed by atoms with Gasteiger partial charge in [0.1, 0.15) is 11.4 Å². The Labute approximate surface area is 176 Å². The molecule has 30 heavy (non-hydrogen) atoms. The number of carbonyl (C=O) groups excluding carboxylic acids is 1. The van der Waals surface area contributed by atoms with Gasteiger partial charge in [0.15, 0.2) is 0 Å². The minimum Gasteiger partial charge on any atom is -0.497 e. The molecule has 2 aromatic carbocycles. The van der Waals surface area contributed by atoms with Gasteiger partial charge in [-0.2, -0.15) is 0 Å². The van der Waals surface area contributed by atoms with Gasteiger partial charge in [-0.05, 0) is 47.5 Å². The molecule has 5 rings (SSSR count). The number of methoxy groups -OCH3 is 1. The van der Waals surface area contributed by atoms with Crippen LogP contribution in [0.1, 0.15) is 31.4 Å². The van der Waals surface area contributed by atoms with E-state index in [2.05, 4.69) is 71.5 Å². The van der Waals surface area contributed by atoms with Gasteiger partial charge < -0.3 is 15.0 Å². The van der Waals surface area contributed by atoms with Gasteiger partial charge in [-0.15, -0.1) is 0 Å². The van der Waals surface area contributed by atoms with E-state index >= 15 is 0 Å². The van der Waals surface area contributed by atoms with E-state index in [4.69, 9.17) is 4.74 Å². The first-order valence-electron chi connectivity index (χ1n) is 10.3. The number of carbonyl (C=O) groups is 1. The first-order chi connectivity index (χ1) is 14.4. The standard InChI is InChI=1S/C25H25N3O2/c1-24(2)20-6-4-5-7-22(20)28-13-11-23(29)27-25(24,28)12-10-17-14-18-15-19(30-3)8-9-21(18)26-16-17/h4-10,12,14-16H,11,13H2,1-3H3,(H,27,29). The molecule has 0 bridgehead atoms. The number of fused-ring (bicyclic) bond motifs is 4. The molecule has 1 N–H and O–H groups in total. The molecular formula is C25H25N3O2. The number of para-hydroxylation sites is 1. The SMILES string of the molecule is COc1ccc2ncc(C=CC34NC(=O)CCN3c3ccccc3C4(C)C)cc2c1. The maximum atomic E-state index is 12.5. The Morgan fingerprint density at radius 2 is 2.00 bits per heavy atom. The van der Waals surface area contributed by atoms with Crippen molar-refractivity contribution in [3.8, 4) is 5.75 Å². The second-order valence-electron chi connectivity index (χ2n) is 8.52. The quantitative estimate of drug-likeness (QED) is 0.715. The summed E-state index contributed by atoms with van der Waals surface area (Å²) >= 11 is 0. The molecule has 0 saturated carbocycles. The summed E-state index contributed by atoms with van der Waals surface area (Å²) in [6.45, 7) is 5.10. The van der Waals surface area contributed by atoms with Crippen molar-refractivity contribution in [3.63, 3.8) is 0 Å². The van der Waals surface area contributed by atoms with Crippen molar-refractivity contribution in [2.75, 3.05) is 18.6 Å². The molecule has 1 saturated heterocycles. The number of nitrogens with one attached hydrogen (secondary N) is 1. The van der Waals surface area contributed by atoms with E-state index in [1.807, 2.05) is 24.4 Å². The topological polar surface area (TPSA) is 54.5 Å². The summed E-state index contributed by atoms with van der Waals surface area (Å²) in [7, 11) is 1.66. The summed E-state index contributed by atoms with van der Waals surface area (Å²) in [5, 5.41) is 4.34. The van der Waals surface area contributed by atoms with Gasteiger partial charge in [-0.25, -0.2) is 0 Å². The third-order valence-corrected chi connectivity index (χ3v) is 6.57. The third-order valence-electron chi connectivity index (χ3n) is 6.57. The number of nitrogens with zero attached hydrogens (tertiary/aromatic N) is 2. The predicted molar refractivity (Wildman–Crippen MR) is 120 cm³/mol. The Morgan fingerprint density at radius 3 is 2.83 bits per heavy atom. The summed E-state index contributed by atoms with van der Waals surface area (Å²) in [6.07, 6.45) is 6.56. The van der Waals surface area contributed by atoms with Crippen LogP contribution in [0.25, 0.3) is 17.0 Å². The summed E-state index contributed by atoms with van der Waals surface area (Å²) in [4.78, 5) is 19.4. The Kier molecular flexibility index (Phi) is 4.10. The van der Waals surface area contributed by atoms with Gasteiger partial charge in [-0.3, -0.25) is 9.78 Å². The number of hydrogen-bond donors (Lipinski definition) is 1. The molecule has 0 spiro atoms. The van der Waals surface area contributed by atoms with Gasteiger partial charge in [0.05, 0.1) is 12.6 Å². The molecule has 1 atom stereocenters. The third kappa shape index (κ3) is 2.61. The van der Waals surface area contributed by atoms with E-state index < -0.39 is 5.66 Å². The van der Waals surface area contributed by atoms with E-state index in [1.165, 1.54) is 11.3 Å². The number of pyridine rings is 1. The highest BCUT2D eigenvalue weighted by Gasteiger charge is 2.57. The zero-order chi connectivity index (χ0) is 20.9. The van der Waals surface area contributed by atoms with Crippen LogP contribution < -0.4 is 15.0 Å². The Morgan fingerprint density at radius 1 is 1.17 bits per heavy atom. The minimum atomic E-state index is -0.616. The Balaban J connectivity index is 1.60. The fourth-order valence-corrected chi connectivity index (χ4v) is 4.88. The van der Waals surface area contributed by atoms with Crippen molar-refractivity contribution in [2.24, 2.45) is 0 Å². The van der Waals surface area contributed by atoms with E-state index in [0.717, 1.165) is 22.2 Å². The van der Waals surface area contributed by atoms with Gasteiger partial charge in [0, 0.05) is 35.7 Å². The van der Waals surface area contributed by atoms with E-state index in [0.29, 0.717) is 13.0 Å². The molecule has 1 unspecified atom stereocenters. The molecule has 1 aromatic heterocycles. The average molecular weight is 399 g/mol. The average Bonchev–Trinajstić information content (AvgIpc) is 2.95. The first-order valence-corrected chi connectivity index (χ1v) is 10.3. The Hall–Kier alpha value is -3.34. The number of rotatable bonds is 3. The number of ether oxygens (including phenoxy) is 1. The zero-order valence-corrected chi connectivity index (χ0v) is 17.5.